The molecule has 1 aromatic carbocycles. The number of benzene rings is 1. The number of nitrogens with zero attached hydrogens (tertiary/aromatic N) is 2. The fraction of sp³-hybridized carbons (Fsp3) is 0.389. The van der Waals surface area contributed by atoms with Gasteiger partial charge in [-0.3, -0.25) is 4.79 Å². The largest absolute Gasteiger partial charge is 0.341 e. The molecule has 0 aliphatic carbocycles. The summed E-state index contributed by atoms with van der Waals surface area (Å²) in [6.07, 6.45) is 1.72. The summed E-state index contributed by atoms with van der Waals surface area (Å²) < 4.78 is 39.8. The Kier molecular flexibility index (Phi) is 6.05. The lowest BCUT2D eigenvalue weighted by molar-refractivity contribution is -0.131. The average molecular weight is 397 g/mol. The number of aryl methyl sites for hydroxylation is 1. The molecule has 3 rings (SSSR count). The average Bonchev–Trinajstić information content (AvgIpc) is 3.01. The zero-order valence-electron chi connectivity index (χ0n) is 14.3. The Labute approximate surface area is 157 Å². The fourth-order valence-electron chi connectivity index (χ4n) is 2.98. The highest BCUT2D eigenvalue weighted by molar-refractivity contribution is 7.89. The summed E-state index contributed by atoms with van der Waals surface area (Å²) in [5.74, 6) is -0.417. The number of carbonyl (C=O) groups excluding carboxylic acids is 1. The van der Waals surface area contributed by atoms with Crippen LogP contribution in [0.4, 0.5) is 4.39 Å². The van der Waals surface area contributed by atoms with Crippen LogP contribution >= 0.6 is 11.3 Å². The number of amides is 1. The topological polar surface area (TPSA) is 57.7 Å². The second kappa shape index (κ2) is 8.28. The van der Waals surface area contributed by atoms with E-state index in [1.807, 2.05) is 16.8 Å². The number of thiophene rings is 1. The Bertz CT molecular complexity index is 836. The molecular formula is C18H21FN2O3S2. The summed E-state index contributed by atoms with van der Waals surface area (Å²) in [5, 5.41) is 4.02. The van der Waals surface area contributed by atoms with Gasteiger partial charge >= 0.3 is 0 Å². The van der Waals surface area contributed by atoms with Gasteiger partial charge in [-0.2, -0.15) is 15.6 Å². The summed E-state index contributed by atoms with van der Waals surface area (Å²) in [5.41, 5.74) is 1.15. The van der Waals surface area contributed by atoms with Gasteiger partial charge in [-0.05, 0) is 59.5 Å². The minimum Gasteiger partial charge on any atom is -0.341 e. The SMILES string of the molecule is O=C(CCc1ccsc1)N1CCCN(S(=O)(=O)c2ccc(F)cc2)CC1. The molecule has 0 spiro atoms. The van der Waals surface area contributed by atoms with Gasteiger partial charge in [-0.25, -0.2) is 12.8 Å². The van der Waals surface area contributed by atoms with Crippen LogP contribution in [0.2, 0.25) is 0 Å². The Morgan fingerprint density at radius 3 is 2.54 bits per heavy atom. The highest BCUT2D eigenvalue weighted by Crippen LogP contribution is 2.19. The quantitative estimate of drug-likeness (QED) is 0.781. The standard InChI is InChI=1S/C18H21FN2O3S2/c19-16-3-5-17(6-4-16)26(23,24)21-10-1-9-20(11-12-21)18(22)7-2-15-8-13-25-14-15/h3-6,8,13-14H,1-2,7,9-12H2. The summed E-state index contributed by atoms with van der Waals surface area (Å²) in [6.45, 7) is 1.54. The number of hydrogen-bond acceptors (Lipinski definition) is 4. The molecule has 1 fully saturated rings. The van der Waals surface area contributed by atoms with E-state index in [4.69, 9.17) is 0 Å². The first kappa shape index (κ1) is 19.0. The zero-order chi connectivity index (χ0) is 18.6. The molecule has 1 aliphatic heterocycles. The number of sulfonamides is 1. The van der Waals surface area contributed by atoms with Gasteiger partial charge in [0.15, 0.2) is 0 Å². The molecule has 0 bridgehead atoms. The first-order valence-corrected chi connectivity index (χ1v) is 10.9. The monoisotopic (exact) mass is 396 g/mol. The molecule has 1 saturated heterocycles. The van der Waals surface area contributed by atoms with Crippen molar-refractivity contribution in [1.82, 2.24) is 9.21 Å². The van der Waals surface area contributed by atoms with E-state index < -0.39 is 15.8 Å². The molecule has 26 heavy (non-hydrogen) atoms. The van der Waals surface area contributed by atoms with Crippen molar-refractivity contribution in [2.24, 2.45) is 0 Å². The molecule has 1 aliphatic rings. The Hall–Kier alpha value is -1.77. The van der Waals surface area contributed by atoms with Gasteiger partial charge in [-0.15, -0.1) is 0 Å². The fourth-order valence-corrected chi connectivity index (χ4v) is 5.16. The molecule has 1 amide bonds. The maximum atomic E-state index is 13.0. The van der Waals surface area contributed by atoms with E-state index in [0.717, 1.165) is 17.7 Å². The van der Waals surface area contributed by atoms with E-state index in [0.29, 0.717) is 38.9 Å². The van der Waals surface area contributed by atoms with Crippen LogP contribution < -0.4 is 0 Å². The maximum absolute atomic E-state index is 13.0. The summed E-state index contributed by atoms with van der Waals surface area (Å²) in [4.78, 5) is 14.3. The van der Waals surface area contributed by atoms with Crippen LogP contribution in [0.3, 0.4) is 0 Å². The van der Waals surface area contributed by atoms with Crippen LogP contribution in [0.25, 0.3) is 0 Å². The molecule has 0 atom stereocenters. The van der Waals surface area contributed by atoms with Crippen LogP contribution in [0.5, 0.6) is 0 Å². The van der Waals surface area contributed by atoms with Crippen LogP contribution in [0, 0.1) is 5.82 Å². The van der Waals surface area contributed by atoms with Crippen molar-refractivity contribution in [1.29, 1.82) is 0 Å². The Morgan fingerprint density at radius 1 is 1.08 bits per heavy atom. The molecular weight excluding hydrogens is 375 g/mol. The van der Waals surface area contributed by atoms with Crippen LogP contribution in [-0.2, 0) is 21.2 Å². The van der Waals surface area contributed by atoms with Crippen molar-refractivity contribution in [3.05, 3.63) is 52.5 Å². The van der Waals surface area contributed by atoms with Crippen LogP contribution in [-0.4, -0.2) is 49.7 Å². The van der Waals surface area contributed by atoms with Gasteiger partial charge in [0.2, 0.25) is 15.9 Å². The molecule has 8 heteroatoms. The minimum absolute atomic E-state index is 0.0530. The second-order valence-corrected chi connectivity index (χ2v) is 8.94. The van der Waals surface area contributed by atoms with Crippen molar-refractivity contribution in [3.8, 4) is 0 Å². The first-order valence-electron chi connectivity index (χ1n) is 8.51. The van der Waals surface area contributed by atoms with Crippen LogP contribution in [0.15, 0.2) is 46.0 Å². The van der Waals surface area contributed by atoms with Gasteiger partial charge in [0.05, 0.1) is 4.90 Å². The zero-order valence-corrected chi connectivity index (χ0v) is 15.9. The molecule has 2 heterocycles. The number of rotatable bonds is 5. The summed E-state index contributed by atoms with van der Waals surface area (Å²) in [7, 11) is -3.67. The predicted molar refractivity (Wildman–Crippen MR) is 99.0 cm³/mol. The van der Waals surface area contributed by atoms with Crippen molar-refractivity contribution >= 4 is 27.3 Å². The van der Waals surface area contributed by atoms with E-state index >= 15 is 0 Å². The van der Waals surface area contributed by atoms with Crippen molar-refractivity contribution < 1.29 is 17.6 Å². The molecule has 0 radical (unpaired) electrons. The normalized spacial score (nSPS) is 16.4. The lowest BCUT2D eigenvalue weighted by Crippen LogP contribution is -2.37. The molecule has 140 valence electrons. The molecule has 1 aromatic heterocycles. The molecule has 2 aromatic rings. The summed E-state index contributed by atoms with van der Waals surface area (Å²) in [6, 6.07) is 6.85. The Balaban J connectivity index is 1.60. The van der Waals surface area contributed by atoms with Crippen LogP contribution in [0.1, 0.15) is 18.4 Å². The van der Waals surface area contributed by atoms with E-state index in [1.54, 1.807) is 16.2 Å². The number of hydrogen-bond donors (Lipinski definition) is 0. The Morgan fingerprint density at radius 2 is 1.85 bits per heavy atom. The van der Waals surface area contributed by atoms with Crippen molar-refractivity contribution in [2.75, 3.05) is 26.2 Å². The van der Waals surface area contributed by atoms with E-state index in [1.165, 1.54) is 16.4 Å². The highest BCUT2D eigenvalue weighted by atomic mass is 32.2. The predicted octanol–water partition coefficient (Wildman–Crippen LogP) is 2.74. The lowest BCUT2D eigenvalue weighted by atomic mass is 10.2. The van der Waals surface area contributed by atoms with Gasteiger partial charge in [-0.1, -0.05) is 0 Å². The molecule has 0 saturated carbocycles. The molecule has 5 nitrogen and oxygen atoms in total. The van der Waals surface area contributed by atoms with Gasteiger partial charge < -0.3 is 4.90 Å². The smallest absolute Gasteiger partial charge is 0.243 e. The van der Waals surface area contributed by atoms with Gasteiger partial charge in [0, 0.05) is 32.6 Å². The van der Waals surface area contributed by atoms with Gasteiger partial charge in [0.25, 0.3) is 0 Å². The molecule has 0 unspecified atom stereocenters. The van der Waals surface area contributed by atoms with E-state index in [2.05, 4.69) is 0 Å². The minimum atomic E-state index is -3.67. The van der Waals surface area contributed by atoms with Crippen molar-refractivity contribution in [3.63, 3.8) is 0 Å². The van der Waals surface area contributed by atoms with E-state index in [-0.39, 0.29) is 17.3 Å². The third kappa shape index (κ3) is 4.49. The summed E-state index contributed by atoms with van der Waals surface area (Å²) >= 11 is 1.61. The second-order valence-electron chi connectivity index (χ2n) is 6.22. The number of carbonyl (C=O) groups is 1. The third-order valence-corrected chi connectivity index (χ3v) is 7.11. The lowest BCUT2D eigenvalue weighted by Gasteiger charge is -2.22. The van der Waals surface area contributed by atoms with E-state index in [9.17, 15) is 17.6 Å². The number of halogens is 1. The first-order chi connectivity index (χ1) is 12.5. The highest BCUT2D eigenvalue weighted by Gasteiger charge is 2.28. The van der Waals surface area contributed by atoms with Gasteiger partial charge in [0.1, 0.15) is 5.82 Å². The third-order valence-electron chi connectivity index (χ3n) is 4.47. The maximum Gasteiger partial charge on any atom is 0.243 e. The van der Waals surface area contributed by atoms with Crippen molar-refractivity contribution in [2.45, 2.75) is 24.2 Å². The molecule has 0 N–H and O–H groups in total.